The number of aromatic nitrogens is 1. The Bertz CT molecular complexity index is 871. The molecule has 29 heavy (non-hydrogen) atoms. The number of carbonyl (C=O) groups excluding carboxylic acids is 2. The molecule has 0 radical (unpaired) electrons. The Morgan fingerprint density at radius 2 is 1.83 bits per heavy atom. The first-order valence-electron chi connectivity index (χ1n) is 10.4. The van der Waals surface area contributed by atoms with Crippen LogP contribution in [0.5, 0.6) is 0 Å². The van der Waals surface area contributed by atoms with Gasteiger partial charge in [0.2, 0.25) is 10.0 Å². The largest absolute Gasteiger partial charge is 0.466 e. The number of amides is 1. The Balaban J connectivity index is 1.85. The number of hydrogen-bond donors (Lipinski definition) is 0. The van der Waals surface area contributed by atoms with Gasteiger partial charge in [0.05, 0.1) is 12.5 Å². The van der Waals surface area contributed by atoms with Gasteiger partial charge in [0.15, 0.2) is 0 Å². The number of rotatable bonds is 5. The van der Waals surface area contributed by atoms with Crippen LogP contribution in [0.2, 0.25) is 0 Å². The first-order chi connectivity index (χ1) is 13.8. The topological polar surface area (TPSA) is 88.9 Å². The third kappa shape index (κ3) is 4.35. The quantitative estimate of drug-likeness (QED) is 0.673. The summed E-state index contributed by atoms with van der Waals surface area (Å²) in [6.07, 6.45) is 4.30. The van der Waals surface area contributed by atoms with Crippen LogP contribution in [0.25, 0.3) is 0 Å². The van der Waals surface area contributed by atoms with Crippen molar-refractivity contribution in [2.75, 3.05) is 32.8 Å². The normalized spacial score (nSPS) is 21.2. The highest BCUT2D eigenvalue weighted by Crippen LogP contribution is 2.29. The van der Waals surface area contributed by atoms with Crippen molar-refractivity contribution in [3.05, 3.63) is 17.5 Å². The SMILES string of the molecule is CCOC(=O)[C@H]1CCCN(S(=O)(=O)c2cc(C(=O)N3CCCCC3)n(C)c2C)C1. The summed E-state index contributed by atoms with van der Waals surface area (Å²) < 4.78 is 34.8. The average molecular weight is 426 g/mol. The number of sulfonamides is 1. The van der Waals surface area contributed by atoms with Gasteiger partial charge in [-0.25, -0.2) is 8.42 Å². The number of nitrogens with zero attached hydrogens (tertiary/aromatic N) is 3. The third-order valence-electron chi connectivity index (χ3n) is 5.97. The summed E-state index contributed by atoms with van der Waals surface area (Å²) in [6, 6.07) is 1.50. The molecule has 1 atom stereocenters. The molecule has 0 saturated carbocycles. The van der Waals surface area contributed by atoms with Crippen molar-refractivity contribution >= 4 is 21.9 Å². The first kappa shape index (κ1) is 21.8. The van der Waals surface area contributed by atoms with Crippen molar-refractivity contribution in [2.24, 2.45) is 13.0 Å². The second-order valence-electron chi connectivity index (χ2n) is 7.85. The molecule has 0 bridgehead atoms. The zero-order valence-corrected chi connectivity index (χ0v) is 18.3. The van der Waals surface area contributed by atoms with E-state index in [0.717, 1.165) is 19.3 Å². The van der Waals surface area contributed by atoms with Gasteiger partial charge >= 0.3 is 5.97 Å². The Labute approximate surface area is 172 Å². The molecule has 1 amide bonds. The molecule has 1 aromatic heterocycles. The van der Waals surface area contributed by atoms with Crippen molar-refractivity contribution < 1.29 is 22.7 Å². The lowest BCUT2D eigenvalue weighted by Crippen LogP contribution is -2.42. The molecular formula is C20H31N3O5S. The van der Waals surface area contributed by atoms with Crippen LogP contribution in [0.3, 0.4) is 0 Å². The molecule has 162 valence electrons. The number of esters is 1. The van der Waals surface area contributed by atoms with Gasteiger partial charge in [-0.1, -0.05) is 0 Å². The van der Waals surface area contributed by atoms with E-state index in [0.29, 0.717) is 43.9 Å². The molecule has 3 heterocycles. The van der Waals surface area contributed by atoms with Crippen LogP contribution in [0, 0.1) is 12.8 Å². The minimum atomic E-state index is -3.81. The predicted molar refractivity (Wildman–Crippen MR) is 108 cm³/mol. The maximum absolute atomic E-state index is 13.3. The molecule has 0 aliphatic carbocycles. The lowest BCUT2D eigenvalue weighted by molar-refractivity contribution is -0.149. The molecule has 8 nitrogen and oxygen atoms in total. The van der Waals surface area contributed by atoms with Gasteiger partial charge in [0, 0.05) is 38.9 Å². The molecule has 2 aliphatic rings. The van der Waals surface area contributed by atoms with Gasteiger partial charge < -0.3 is 14.2 Å². The zero-order chi connectivity index (χ0) is 21.2. The Kier molecular flexibility index (Phi) is 6.68. The molecule has 0 N–H and O–H groups in total. The highest BCUT2D eigenvalue weighted by Gasteiger charge is 2.36. The fourth-order valence-corrected chi connectivity index (χ4v) is 5.94. The van der Waals surface area contributed by atoms with Gasteiger partial charge in [0.1, 0.15) is 10.6 Å². The summed E-state index contributed by atoms with van der Waals surface area (Å²) >= 11 is 0. The number of piperidine rings is 2. The molecule has 2 aliphatic heterocycles. The molecule has 2 fully saturated rings. The zero-order valence-electron chi connectivity index (χ0n) is 17.5. The minimum Gasteiger partial charge on any atom is -0.466 e. The molecular weight excluding hydrogens is 394 g/mol. The maximum atomic E-state index is 13.3. The van der Waals surface area contributed by atoms with Crippen LogP contribution >= 0.6 is 0 Å². The summed E-state index contributed by atoms with van der Waals surface area (Å²) in [4.78, 5) is 27.0. The van der Waals surface area contributed by atoms with Crippen molar-refractivity contribution in [3.63, 3.8) is 0 Å². The Hall–Kier alpha value is -1.87. The summed E-state index contributed by atoms with van der Waals surface area (Å²) in [5.74, 6) is -0.921. The molecule has 1 aromatic rings. The summed E-state index contributed by atoms with van der Waals surface area (Å²) in [5.41, 5.74) is 0.922. The van der Waals surface area contributed by atoms with E-state index in [9.17, 15) is 18.0 Å². The summed E-state index contributed by atoms with van der Waals surface area (Å²) in [7, 11) is -2.08. The van der Waals surface area contributed by atoms with Gasteiger partial charge in [-0.2, -0.15) is 4.31 Å². The van der Waals surface area contributed by atoms with Crippen LogP contribution in [0.1, 0.15) is 55.2 Å². The highest BCUT2D eigenvalue weighted by atomic mass is 32.2. The Morgan fingerprint density at radius 3 is 2.48 bits per heavy atom. The smallest absolute Gasteiger partial charge is 0.310 e. The van der Waals surface area contributed by atoms with Crippen molar-refractivity contribution in [1.29, 1.82) is 0 Å². The van der Waals surface area contributed by atoms with E-state index in [1.165, 1.54) is 10.4 Å². The fraction of sp³-hybridized carbons (Fsp3) is 0.700. The van der Waals surface area contributed by atoms with Crippen LogP contribution in [-0.2, 0) is 26.6 Å². The van der Waals surface area contributed by atoms with Crippen LogP contribution in [0.4, 0.5) is 0 Å². The van der Waals surface area contributed by atoms with Crippen LogP contribution < -0.4 is 0 Å². The molecule has 3 rings (SSSR count). The van der Waals surface area contributed by atoms with Gasteiger partial charge in [-0.3, -0.25) is 9.59 Å². The Morgan fingerprint density at radius 1 is 1.14 bits per heavy atom. The van der Waals surface area contributed by atoms with E-state index in [2.05, 4.69) is 0 Å². The van der Waals surface area contributed by atoms with Crippen LogP contribution in [-0.4, -0.2) is 66.9 Å². The molecule has 0 aromatic carbocycles. The van der Waals surface area contributed by atoms with Gasteiger partial charge in [0.25, 0.3) is 5.91 Å². The van der Waals surface area contributed by atoms with Crippen molar-refractivity contribution in [3.8, 4) is 0 Å². The summed E-state index contributed by atoms with van der Waals surface area (Å²) in [6.45, 7) is 5.63. The first-order valence-corrected chi connectivity index (χ1v) is 11.8. The lowest BCUT2D eigenvalue weighted by Gasteiger charge is -2.30. The second kappa shape index (κ2) is 8.87. The van der Waals surface area contributed by atoms with E-state index in [4.69, 9.17) is 4.74 Å². The maximum Gasteiger partial charge on any atom is 0.310 e. The molecule has 0 spiro atoms. The van der Waals surface area contributed by atoms with Crippen molar-refractivity contribution in [1.82, 2.24) is 13.8 Å². The van der Waals surface area contributed by atoms with E-state index >= 15 is 0 Å². The molecule has 0 unspecified atom stereocenters. The second-order valence-corrected chi connectivity index (χ2v) is 9.75. The number of hydrogen-bond acceptors (Lipinski definition) is 5. The number of carbonyl (C=O) groups is 2. The highest BCUT2D eigenvalue weighted by molar-refractivity contribution is 7.89. The van der Waals surface area contributed by atoms with E-state index in [1.54, 1.807) is 30.4 Å². The van der Waals surface area contributed by atoms with Gasteiger partial charge in [-0.05, 0) is 52.0 Å². The van der Waals surface area contributed by atoms with E-state index in [-0.39, 0.29) is 29.9 Å². The minimum absolute atomic E-state index is 0.116. The predicted octanol–water partition coefficient (Wildman–Crippen LogP) is 1.92. The lowest BCUT2D eigenvalue weighted by atomic mass is 10.0. The monoisotopic (exact) mass is 425 g/mol. The van der Waals surface area contributed by atoms with Crippen LogP contribution in [0.15, 0.2) is 11.0 Å². The molecule has 2 saturated heterocycles. The van der Waals surface area contributed by atoms with E-state index < -0.39 is 15.9 Å². The standard InChI is InChI=1S/C20H31N3O5S/c1-4-28-20(25)16-9-8-12-23(14-16)29(26,27)18-13-17(21(3)15(18)2)19(24)22-10-6-5-7-11-22/h13,16H,4-12,14H2,1-3H3/t16-/m0/s1. The molecule has 9 heteroatoms. The van der Waals surface area contributed by atoms with E-state index in [1.807, 2.05) is 0 Å². The number of ether oxygens (including phenoxy) is 1. The van der Waals surface area contributed by atoms with Crippen molar-refractivity contribution in [2.45, 2.75) is 50.8 Å². The fourth-order valence-electron chi connectivity index (χ4n) is 4.15. The number of likely N-dealkylation sites (tertiary alicyclic amines) is 1. The average Bonchev–Trinajstić information content (AvgIpc) is 3.04. The summed E-state index contributed by atoms with van der Waals surface area (Å²) in [5, 5.41) is 0. The van der Waals surface area contributed by atoms with Gasteiger partial charge in [-0.15, -0.1) is 0 Å². The third-order valence-corrected chi connectivity index (χ3v) is 7.95.